The topological polar surface area (TPSA) is 41.5 Å². The van der Waals surface area contributed by atoms with Gasteiger partial charge in [-0.25, -0.2) is 0 Å². The van der Waals surface area contributed by atoms with Crippen molar-refractivity contribution in [3.63, 3.8) is 0 Å². The Kier molecular flexibility index (Phi) is 3.79. The fourth-order valence-electron chi connectivity index (χ4n) is 0.527. The molecule has 0 unspecified atom stereocenters. The lowest BCUT2D eigenvalue weighted by molar-refractivity contribution is -0.125. The summed E-state index contributed by atoms with van der Waals surface area (Å²) in [5.74, 6) is -0.0608. The van der Waals surface area contributed by atoms with E-state index in [9.17, 15) is 4.79 Å². The van der Waals surface area contributed by atoms with Gasteiger partial charge in [0.2, 0.25) is 5.91 Å². The third kappa shape index (κ3) is 3.16. The molecule has 0 aromatic heterocycles. The van der Waals surface area contributed by atoms with Crippen molar-refractivity contribution in [1.29, 1.82) is 0 Å². The van der Waals surface area contributed by atoms with Crippen molar-refractivity contribution in [3.05, 3.63) is 0 Å². The Balaban J connectivity index is 3.91. The molecule has 3 heteroatoms. The van der Waals surface area contributed by atoms with Crippen molar-refractivity contribution in [2.75, 3.05) is 6.54 Å². The van der Waals surface area contributed by atoms with Crippen LogP contribution < -0.4 is 5.32 Å². The standard InChI is InChI=1S/C8H16N2O/c1-5-6-10-7(11)8(2,3)9-4/h4-6H2,1-3H3,(H,10,11). The minimum absolute atomic E-state index is 0.0608. The van der Waals surface area contributed by atoms with Gasteiger partial charge in [0.15, 0.2) is 0 Å². The van der Waals surface area contributed by atoms with Gasteiger partial charge in [0.25, 0.3) is 0 Å². The van der Waals surface area contributed by atoms with E-state index in [4.69, 9.17) is 0 Å². The fourth-order valence-corrected chi connectivity index (χ4v) is 0.527. The molecule has 0 atom stereocenters. The maximum absolute atomic E-state index is 11.2. The van der Waals surface area contributed by atoms with E-state index >= 15 is 0 Å². The lowest BCUT2D eigenvalue weighted by Gasteiger charge is -2.17. The molecular formula is C8H16N2O. The van der Waals surface area contributed by atoms with Gasteiger partial charge in [0.05, 0.1) is 0 Å². The average Bonchev–Trinajstić information content (AvgIpc) is 2.00. The molecule has 11 heavy (non-hydrogen) atoms. The molecule has 0 heterocycles. The maximum Gasteiger partial charge on any atom is 0.247 e. The van der Waals surface area contributed by atoms with Crippen molar-refractivity contribution < 1.29 is 4.79 Å². The highest BCUT2D eigenvalue weighted by molar-refractivity contribution is 5.86. The summed E-state index contributed by atoms with van der Waals surface area (Å²) in [5.41, 5.74) is -0.685. The fraction of sp³-hybridized carbons (Fsp3) is 0.750. The molecule has 0 bridgehead atoms. The summed E-state index contributed by atoms with van der Waals surface area (Å²) >= 11 is 0. The van der Waals surface area contributed by atoms with Crippen LogP contribution in [0.2, 0.25) is 0 Å². The van der Waals surface area contributed by atoms with E-state index in [0.717, 1.165) is 6.42 Å². The number of nitrogens with one attached hydrogen (secondary N) is 1. The van der Waals surface area contributed by atoms with Gasteiger partial charge in [0, 0.05) is 6.54 Å². The molecule has 0 saturated heterocycles. The molecule has 0 saturated carbocycles. The lowest BCUT2D eigenvalue weighted by atomic mass is 10.1. The molecule has 0 aromatic carbocycles. The largest absolute Gasteiger partial charge is 0.354 e. The minimum atomic E-state index is -0.685. The van der Waals surface area contributed by atoms with Crippen LogP contribution in [0.5, 0.6) is 0 Å². The van der Waals surface area contributed by atoms with E-state index in [1.807, 2.05) is 6.92 Å². The first-order chi connectivity index (χ1) is 5.04. The van der Waals surface area contributed by atoms with Crippen molar-refractivity contribution in [2.45, 2.75) is 32.7 Å². The molecule has 0 fully saturated rings. The second-order valence-corrected chi connectivity index (χ2v) is 2.97. The van der Waals surface area contributed by atoms with Gasteiger partial charge < -0.3 is 5.32 Å². The normalized spacial score (nSPS) is 10.8. The van der Waals surface area contributed by atoms with Gasteiger partial charge in [-0.05, 0) is 27.0 Å². The molecule has 1 amide bonds. The number of carbonyl (C=O) groups excluding carboxylic acids is 1. The molecule has 0 aliphatic carbocycles. The lowest BCUT2D eigenvalue weighted by Crippen LogP contribution is -2.40. The SMILES string of the molecule is C=NC(C)(C)C(=O)NCCC. The van der Waals surface area contributed by atoms with E-state index < -0.39 is 5.54 Å². The van der Waals surface area contributed by atoms with Gasteiger partial charge in [-0.15, -0.1) is 0 Å². The summed E-state index contributed by atoms with van der Waals surface area (Å²) in [4.78, 5) is 14.9. The van der Waals surface area contributed by atoms with E-state index in [0.29, 0.717) is 6.54 Å². The molecular weight excluding hydrogens is 140 g/mol. The summed E-state index contributed by atoms with van der Waals surface area (Å²) in [5, 5.41) is 2.75. The predicted molar refractivity (Wildman–Crippen MR) is 46.9 cm³/mol. The first kappa shape index (κ1) is 10.1. The summed E-state index contributed by atoms with van der Waals surface area (Å²) in [6.45, 7) is 9.55. The van der Waals surface area contributed by atoms with E-state index in [1.54, 1.807) is 13.8 Å². The van der Waals surface area contributed by atoms with Crippen LogP contribution in [0.4, 0.5) is 0 Å². The van der Waals surface area contributed by atoms with Crippen LogP contribution >= 0.6 is 0 Å². The zero-order chi connectivity index (χ0) is 8.91. The third-order valence-electron chi connectivity index (χ3n) is 1.49. The number of carbonyl (C=O) groups is 1. The highest BCUT2D eigenvalue weighted by Crippen LogP contribution is 2.06. The van der Waals surface area contributed by atoms with Crippen molar-refractivity contribution in [2.24, 2.45) is 4.99 Å². The Morgan fingerprint density at radius 1 is 1.64 bits per heavy atom. The van der Waals surface area contributed by atoms with Crippen molar-refractivity contribution in [1.82, 2.24) is 5.32 Å². The Labute approximate surface area is 67.9 Å². The first-order valence-corrected chi connectivity index (χ1v) is 3.80. The second-order valence-electron chi connectivity index (χ2n) is 2.97. The van der Waals surface area contributed by atoms with E-state index in [2.05, 4.69) is 17.0 Å². The summed E-state index contributed by atoms with van der Waals surface area (Å²) in [7, 11) is 0. The molecule has 0 aliphatic rings. The van der Waals surface area contributed by atoms with E-state index in [1.165, 1.54) is 0 Å². The van der Waals surface area contributed by atoms with Gasteiger partial charge >= 0.3 is 0 Å². The van der Waals surface area contributed by atoms with Crippen molar-refractivity contribution in [3.8, 4) is 0 Å². The van der Waals surface area contributed by atoms with Crippen LogP contribution in [0.25, 0.3) is 0 Å². The zero-order valence-corrected chi connectivity index (χ0v) is 7.48. The molecule has 1 N–H and O–H groups in total. The minimum Gasteiger partial charge on any atom is -0.354 e. The number of rotatable bonds is 4. The predicted octanol–water partition coefficient (Wildman–Crippen LogP) is 0.992. The van der Waals surface area contributed by atoms with E-state index in [-0.39, 0.29) is 5.91 Å². The number of hydrogen-bond donors (Lipinski definition) is 1. The number of aliphatic imine (C=N–C) groups is 1. The quantitative estimate of drug-likeness (QED) is 0.606. The zero-order valence-electron chi connectivity index (χ0n) is 7.48. The maximum atomic E-state index is 11.2. The Morgan fingerprint density at radius 3 is 2.55 bits per heavy atom. The van der Waals surface area contributed by atoms with Crippen molar-refractivity contribution >= 4 is 12.6 Å². The number of hydrogen-bond acceptors (Lipinski definition) is 2. The Hall–Kier alpha value is -0.860. The summed E-state index contributed by atoms with van der Waals surface area (Å²) < 4.78 is 0. The molecule has 0 radical (unpaired) electrons. The molecule has 0 rings (SSSR count). The highest BCUT2D eigenvalue weighted by Gasteiger charge is 2.24. The van der Waals surface area contributed by atoms with Crippen LogP contribution in [0.15, 0.2) is 4.99 Å². The van der Waals surface area contributed by atoms with Crippen LogP contribution in [-0.2, 0) is 4.79 Å². The van der Waals surface area contributed by atoms with Crippen LogP contribution in [0, 0.1) is 0 Å². The highest BCUT2D eigenvalue weighted by atomic mass is 16.2. The van der Waals surface area contributed by atoms with Crippen LogP contribution in [0.1, 0.15) is 27.2 Å². The van der Waals surface area contributed by atoms with Gasteiger partial charge in [0.1, 0.15) is 5.54 Å². The summed E-state index contributed by atoms with van der Waals surface area (Å²) in [6, 6.07) is 0. The molecule has 0 aromatic rings. The Bertz CT molecular complexity index is 152. The van der Waals surface area contributed by atoms with Crippen LogP contribution in [0.3, 0.4) is 0 Å². The molecule has 3 nitrogen and oxygen atoms in total. The number of amides is 1. The smallest absolute Gasteiger partial charge is 0.247 e. The molecule has 0 aliphatic heterocycles. The van der Waals surface area contributed by atoms with Crippen LogP contribution in [-0.4, -0.2) is 24.7 Å². The molecule has 64 valence electrons. The first-order valence-electron chi connectivity index (χ1n) is 3.80. The Morgan fingerprint density at radius 2 is 2.18 bits per heavy atom. The summed E-state index contributed by atoms with van der Waals surface area (Å²) in [6.07, 6.45) is 0.943. The van der Waals surface area contributed by atoms with Gasteiger partial charge in [-0.3, -0.25) is 9.79 Å². The molecule has 0 spiro atoms. The second kappa shape index (κ2) is 4.11. The van der Waals surface area contributed by atoms with Gasteiger partial charge in [-0.1, -0.05) is 6.92 Å². The number of nitrogens with zero attached hydrogens (tertiary/aromatic N) is 1. The average molecular weight is 156 g/mol. The van der Waals surface area contributed by atoms with Gasteiger partial charge in [-0.2, -0.15) is 0 Å². The monoisotopic (exact) mass is 156 g/mol. The third-order valence-corrected chi connectivity index (χ3v) is 1.49.